The van der Waals surface area contributed by atoms with Crippen molar-refractivity contribution in [1.29, 1.82) is 5.26 Å². The smallest absolute Gasteiger partial charge is 0.320 e. The molecule has 0 radical (unpaired) electrons. The first-order chi connectivity index (χ1) is 12.2. The molecule has 0 bridgehead atoms. The third-order valence-corrected chi connectivity index (χ3v) is 4.43. The van der Waals surface area contributed by atoms with Crippen LogP contribution in [-0.2, 0) is 9.53 Å². The minimum absolute atomic E-state index is 0.178. The monoisotopic (exact) mass is 338 g/mol. The van der Waals surface area contributed by atoms with Crippen LogP contribution in [0.5, 0.6) is 0 Å². The van der Waals surface area contributed by atoms with Crippen molar-refractivity contribution in [3.63, 3.8) is 0 Å². The molecule has 1 aromatic carbocycles. The Morgan fingerprint density at radius 3 is 2.92 bits per heavy atom. The molecule has 0 saturated carbocycles. The number of ether oxygens (including phenoxy) is 1. The third-order valence-electron chi connectivity index (χ3n) is 4.43. The molecule has 0 spiro atoms. The number of rotatable bonds is 4. The summed E-state index contributed by atoms with van der Waals surface area (Å²) in [7, 11) is 0. The lowest BCUT2D eigenvalue weighted by atomic mass is 10.1. The summed E-state index contributed by atoms with van der Waals surface area (Å²) < 4.78 is 5.05. The SMILES string of the molecule is CCOC(=O)CN1CCCN(c2c(C#N)cnc3ccccc23)CC1. The van der Waals surface area contributed by atoms with Crippen molar-refractivity contribution < 1.29 is 9.53 Å². The van der Waals surface area contributed by atoms with Crippen LogP contribution < -0.4 is 4.90 Å². The van der Waals surface area contributed by atoms with Crippen molar-refractivity contribution in [2.75, 3.05) is 44.2 Å². The van der Waals surface area contributed by atoms with Gasteiger partial charge in [-0.3, -0.25) is 14.7 Å². The molecule has 1 aromatic heterocycles. The molecule has 0 N–H and O–H groups in total. The Kier molecular flexibility index (Phi) is 5.46. The number of carbonyl (C=O) groups excluding carboxylic acids is 1. The molecule has 0 aliphatic carbocycles. The number of esters is 1. The van der Waals surface area contributed by atoms with E-state index in [-0.39, 0.29) is 5.97 Å². The van der Waals surface area contributed by atoms with Crippen LogP contribution in [0, 0.1) is 11.3 Å². The van der Waals surface area contributed by atoms with Crippen molar-refractivity contribution in [2.45, 2.75) is 13.3 Å². The van der Waals surface area contributed by atoms with Crippen LogP contribution >= 0.6 is 0 Å². The van der Waals surface area contributed by atoms with E-state index in [0.29, 0.717) is 18.7 Å². The molecule has 3 rings (SSSR count). The summed E-state index contributed by atoms with van der Waals surface area (Å²) in [4.78, 5) is 20.5. The van der Waals surface area contributed by atoms with Crippen molar-refractivity contribution >= 4 is 22.6 Å². The summed E-state index contributed by atoms with van der Waals surface area (Å²) in [6.45, 7) is 5.78. The quantitative estimate of drug-likeness (QED) is 0.796. The second-order valence-electron chi connectivity index (χ2n) is 6.07. The van der Waals surface area contributed by atoms with Crippen molar-refractivity contribution in [3.05, 3.63) is 36.0 Å². The third kappa shape index (κ3) is 3.89. The fourth-order valence-electron chi connectivity index (χ4n) is 3.29. The first-order valence-corrected chi connectivity index (χ1v) is 8.63. The van der Waals surface area contributed by atoms with Crippen LogP contribution in [-0.4, -0.2) is 55.2 Å². The number of aromatic nitrogens is 1. The lowest BCUT2D eigenvalue weighted by Gasteiger charge is -2.25. The summed E-state index contributed by atoms with van der Waals surface area (Å²) in [5.41, 5.74) is 2.44. The molecule has 1 fully saturated rings. The molecule has 1 saturated heterocycles. The number of fused-ring (bicyclic) bond motifs is 1. The van der Waals surface area contributed by atoms with E-state index >= 15 is 0 Å². The van der Waals surface area contributed by atoms with E-state index in [2.05, 4.69) is 20.9 Å². The number of carbonyl (C=O) groups is 1. The van der Waals surface area contributed by atoms with E-state index in [0.717, 1.165) is 49.2 Å². The molecule has 6 nitrogen and oxygen atoms in total. The molecular formula is C19H22N4O2. The predicted molar refractivity (Wildman–Crippen MR) is 96.4 cm³/mol. The molecule has 0 amide bonds. The van der Waals surface area contributed by atoms with Gasteiger partial charge in [0.05, 0.1) is 29.9 Å². The van der Waals surface area contributed by atoms with Crippen LogP contribution in [0.25, 0.3) is 10.9 Å². The molecule has 2 aromatic rings. The van der Waals surface area contributed by atoms with E-state index < -0.39 is 0 Å². The highest BCUT2D eigenvalue weighted by Crippen LogP contribution is 2.29. The van der Waals surface area contributed by atoms with E-state index in [1.807, 2.05) is 31.2 Å². The Hall–Kier alpha value is -2.65. The highest BCUT2D eigenvalue weighted by molar-refractivity contribution is 5.94. The van der Waals surface area contributed by atoms with Crippen LogP contribution in [0.3, 0.4) is 0 Å². The maximum Gasteiger partial charge on any atom is 0.320 e. The van der Waals surface area contributed by atoms with Gasteiger partial charge in [0.2, 0.25) is 0 Å². The number of anilines is 1. The van der Waals surface area contributed by atoms with Gasteiger partial charge in [-0.15, -0.1) is 0 Å². The van der Waals surface area contributed by atoms with E-state index in [9.17, 15) is 10.1 Å². The second-order valence-corrected chi connectivity index (χ2v) is 6.07. The number of nitriles is 1. The molecule has 25 heavy (non-hydrogen) atoms. The first-order valence-electron chi connectivity index (χ1n) is 8.63. The van der Waals surface area contributed by atoms with Gasteiger partial charge in [-0.2, -0.15) is 5.26 Å². The number of nitrogens with zero attached hydrogens (tertiary/aromatic N) is 4. The van der Waals surface area contributed by atoms with Gasteiger partial charge >= 0.3 is 5.97 Å². The summed E-state index contributed by atoms with van der Waals surface area (Å²) in [5, 5.41) is 10.5. The Balaban J connectivity index is 1.82. The molecule has 6 heteroatoms. The number of hydrogen-bond acceptors (Lipinski definition) is 6. The minimum Gasteiger partial charge on any atom is -0.465 e. The second kappa shape index (κ2) is 7.95. The molecule has 0 atom stereocenters. The van der Waals surface area contributed by atoms with Crippen molar-refractivity contribution in [3.8, 4) is 6.07 Å². The average molecular weight is 338 g/mol. The molecule has 1 aliphatic rings. The van der Waals surface area contributed by atoms with Gasteiger partial charge in [-0.25, -0.2) is 0 Å². The van der Waals surface area contributed by atoms with Gasteiger partial charge in [0.15, 0.2) is 0 Å². The fourth-order valence-corrected chi connectivity index (χ4v) is 3.29. The molecule has 1 aliphatic heterocycles. The summed E-state index contributed by atoms with van der Waals surface area (Å²) >= 11 is 0. The zero-order valence-electron chi connectivity index (χ0n) is 14.4. The lowest BCUT2D eigenvalue weighted by Crippen LogP contribution is -2.35. The van der Waals surface area contributed by atoms with Gasteiger partial charge < -0.3 is 9.64 Å². The van der Waals surface area contributed by atoms with E-state index in [1.54, 1.807) is 6.20 Å². The Labute approximate surface area is 147 Å². The van der Waals surface area contributed by atoms with Gasteiger partial charge in [-0.1, -0.05) is 18.2 Å². The largest absolute Gasteiger partial charge is 0.465 e. The zero-order chi connectivity index (χ0) is 17.6. The standard InChI is InChI=1S/C19H22N4O2/c1-2-25-18(24)14-22-8-5-9-23(11-10-22)19-15(12-20)13-21-17-7-4-3-6-16(17)19/h3-4,6-7,13H,2,5,8-11,14H2,1H3. The van der Waals surface area contributed by atoms with E-state index in [4.69, 9.17) is 4.74 Å². The van der Waals surface area contributed by atoms with Gasteiger partial charge in [0, 0.05) is 37.8 Å². The zero-order valence-corrected chi connectivity index (χ0v) is 14.4. The highest BCUT2D eigenvalue weighted by Gasteiger charge is 2.21. The topological polar surface area (TPSA) is 69.5 Å². The Morgan fingerprint density at radius 2 is 2.12 bits per heavy atom. The number of pyridine rings is 1. The minimum atomic E-state index is -0.178. The van der Waals surface area contributed by atoms with Crippen molar-refractivity contribution in [1.82, 2.24) is 9.88 Å². The van der Waals surface area contributed by atoms with Crippen LogP contribution in [0.2, 0.25) is 0 Å². The number of para-hydroxylation sites is 1. The first kappa shape index (κ1) is 17.2. The van der Waals surface area contributed by atoms with Crippen molar-refractivity contribution in [2.24, 2.45) is 0 Å². The summed E-state index contributed by atoms with van der Waals surface area (Å²) in [5.74, 6) is -0.178. The molecule has 0 unspecified atom stereocenters. The van der Waals surface area contributed by atoms with Gasteiger partial charge in [0.1, 0.15) is 6.07 Å². The van der Waals surface area contributed by atoms with Crippen LogP contribution in [0.4, 0.5) is 5.69 Å². The summed E-state index contributed by atoms with van der Waals surface area (Å²) in [6.07, 6.45) is 2.58. The van der Waals surface area contributed by atoms with Gasteiger partial charge in [0.25, 0.3) is 0 Å². The normalized spacial score (nSPS) is 15.6. The fraction of sp³-hybridized carbons (Fsp3) is 0.421. The Morgan fingerprint density at radius 1 is 1.28 bits per heavy atom. The lowest BCUT2D eigenvalue weighted by molar-refractivity contribution is -0.144. The molecule has 130 valence electrons. The number of hydrogen-bond donors (Lipinski definition) is 0. The average Bonchev–Trinajstić information content (AvgIpc) is 2.86. The van der Waals surface area contributed by atoms with Crippen LogP contribution in [0.1, 0.15) is 18.9 Å². The maximum atomic E-state index is 11.7. The van der Waals surface area contributed by atoms with Gasteiger partial charge in [-0.05, 0) is 19.4 Å². The van der Waals surface area contributed by atoms with E-state index in [1.165, 1.54) is 0 Å². The van der Waals surface area contributed by atoms with Crippen LogP contribution in [0.15, 0.2) is 30.5 Å². The predicted octanol–water partition coefficient (Wildman–Crippen LogP) is 2.18. The number of benzene rings is 1. The maximum absolute atomic E-state index is 11.7. The summed E-state index contributed by atoms with van der Waals surface area (Å²) in [6, 6.07) is 10.2. The molecular weight excluding hydrogens is 316 g/mol. The molecule has 2 heterocycles. The Bertz CT molecular complexity index is 800. The highest BCUT2D eigenvalue weighted by atomic mass is 16.5.